The summed E-state index contributed by atoms with van der Waals surface area (Å²) in [6, 6.07) is 1.63. The van der Waals surface area contributed by atoms with Gasteiger partial charge in [0, 0.05) is 25.5 Å². The molecule has 1 amide bonds. The normalized spacial score (nSPS) is 18.5. The molecule has 1 aromatic rings. The Morgan fingerprint density at radius 2 is 2.42 bits per heavy atom. The Balaban J connectivity index is 1.62. The fourth-order valence-corrected chi connectivity index (χ4v) is 2.43. The highest BCUT2D eigenvalue weighted by atomic mass is 35.5. The maximum absolute atomic E-state index is 11.8. The Bertz CT molecular complexity index is 420. The van der Waals surface area contributed by atoms with Gasteiger partial charge in [-0.1, -0.05) is 11.6 Å². The van der Waals surface area contributed by atoms with E-state index in [9.17, 15) is 4.79 Å². The lowest BCUT2D eigenvalue weighted by Gasteiger charge is -2.09. The number of hydrogen-bond donors (Lipinski definition) is 1. The standard InChI is InChI=1S/C14H19ClN2O2/c15-13-10-16-8-6-12(13)14(18)17-7-2-1-4-11-5-3-9-19-11/h6,8,10-11H,1-5,7,9H2,(H,17,18)/t11-/m1/s1. The van der Waals surface area contributed by atoms with Gasteiger partial charge in [-0.05, 0) is 38.2 Å². The van der Waals surface area contributed by atoms with Gasteiger partial charge in [-0.2, -0.15) is 0 Å². The average molecular weight is 283 g/mol. The Kier molecular flexibility index (Phi) is 5.61. The number of aromatic nitrogens is 1. The first kappa shape index (κ1) is 14.3. The van der Waals surface area contributed by atoms with E-state index in [1.165, 1.54) is 19.0 Å². The van der Waals surface area contributed by atoms with Crippen LogP contribution in [0.2, 0.25) is 5.02 Å². The van der Waals surface area contributed by atoms with Crippen molar-refractivity contribution in [2.24, 2.45) is 0 Å². The summed E-state index contributed by atoms with van der Waals surface area (Å²) in [6.07, 6.45) is 8.98. The molecule has 1 atom stereocenters. The van der Waals surface area contributed by atoms with Crippen LogP contribution in [-0.2, 0) is 4.74 Å². The highest BCUT2D eigenvalue weighted by Gasteiger charge is 2.14. The number of pyridine rings is 1. The quantitative estimate of drug-likeness (QED) is 0.816. The van der Waals surface area contributed by atoms with Gasteiger partial charge < -0.3 is 10.1 Å². The second-order valence-corrected chi connectivity index (χ2v) is 5.15. The molecule has 1 aliphatic rings. The molecule has 0 aromatic carbocycles. The number of unbranched alkanes of at least 4 members (excludes halogenated alkanes) is 1. The van der Waals surface area contributed by atoms with Crippen molar-refractivity contribution in [3.63, 3.8) is 0 Å². The van der Waals surface area contributed by atoms with Gasteiger partial charge in [0.1, 0.15) is 0 Å². The summed E-state index contributed by atoms with van der Waals surface area (Å²) in [6.45, 7) is 1.58. The third-order valence-corrected chi connectivity index (χ3v) is 3.58. The second kappa shape index (κ2) is 7.46. The Hall–Kier alpha value is -1.13. The summed E-state index contributed by atoms with van der Waals surface area (Å²) >= 11 is 5.91. The molecule has 0 bridgehead atoms. The van der Waals surface area contributed by atoms with Crippen molar-refractivity contribution in [2.75, 3.05) is 13.2 Å². The lowest BCUT2D eigenvalue weighted by atomic mass is 10.1. The molecule has 0 aliphatic carbocycles. The van der Waals surface area contributed by atoms with Crippen LogP contribution in [0, 0.1) is 0 Å². The van der Waals surface area contributed by atoms with Crippen molar-refractivity contribution in [2.45, 2.75) is 38.2 Å². The van der Waals surface area contributed by atoms with Crippen LogP contribution >= 0.6 is 11.6 Å². The van der Waals surface area contributed by atoms with Crippen LogP contribution in [0.15, 0.2) is 18.5 Å². The molecule has 1 aliphatic heterocycles. The number of ether oxygens (including phenoxy) is 1. The summed E-state index contributed by atoms with van der Waals surface area (Å²) in [5.41, 5.74) is 0.482. The zero-order chi connectivity index (χ0) is 13.5. The van der Waals surface area contributed by atoms with E-state index in [1.807, 2.05) is 0 Å². The van der Waals surface area contributed by atoms with Crippen molar-refractivity contribution < 1.29 is 9.53 Å². The molecule has 1 aromatic heterocycles. The molecular formula is C14H19ClN2O2. The second-order valence-electron chi connectivity index (χ2n) is 4.74. The van der Waals surface area contributed by atoms with Crippen molar-refractivity contribution in [1.29, 1.82) is 0 Å². The number of carbonyl (C=O) groups is 1. The smallest absolute Gasteiger partial charge is 0.252 e. The first-order chi connectivity index (χ1) is 9.27. The SMILES string of the molecule is O=C(NCCCC[C@@H]1CCCO1)c1ccncc1Cl. The number of amides is 1. The van der Waals surface area contributed by atoms with Crippen molar-refractivity contribution in [3.8, 4) is 0 Å². The highest BCUT2D eigenvalue weighted by molar-refractivity contribution is 6.33. The van der Waals surface area contributed by atoms with Gasteiger partial charge in [0.25, 0.3) is 5.91 Å². The molecule has 5 heteroatoms. The molecule has 0 radical (unpaired) electrons. The third-order valence-electron chi connectivity index (χ3n) is 3.28. The minimum Gasteiger partial charge on any atom is -0.378 e. The van der Waals surface area contributed by atoms with Gasteiger partial charge in [-0.25, -0.2) is 0 Å². The van der Waals surface area contributed by atoms with Gasteiger partial charge in [0.15, 0.2) is 0 Å². The molecule has 0 spiro atoms. The number of carbonyl (C=O) groups excluding carboxylic acids is 1. The highest BCUT2D eigenvalue weighted by Crippen LogP contribution is 2.17. The molecule has 1 N–H and O–H groups in total. The van der Waals surface area contributed by atoms with Crippen LogP contribution in [0.1, 0.15) is 42.5 Å². The van der Waals surface area contributed by atoms with Gasteiger partial charge >= 0.3 is 0 Å². The largest absolute Gasteiger partial charge is 0.378 e. The van der Waals surface area contributed by atoms with Crippen molar-refractivity contribution in [1.82, 2.24) is 10.3 Å². The van der Waals surface area contributed by atoms with E-state index in [0.29, 0.717) is 23.2 Å². The summed E-state index contributed by atoms with van der Waals surface area (Å²) in [7, 11) is 0. The Morgan fingerprint density at radius 3 is 3.16 bits per heavy atom. The van der Waals surface area contributed by atoms with Crippen LogP contribution in [0.4, 0.5) is 0 Å². The first-order valence-electron chi connectivity index (χ1n) is 6.76. The van der Waals surface area contributed by atoms with E-state index in [-0.39, 0.29) is 5.91 Å². The molecular weight excluding hydrogens is 264 g/mol. The predicted octanol–water partition coefficient (Wildman–Crippen LogP) is 2.81. The van der Waals surface area contributed by atoms with E-state index < -0.39 is 0 Å². The number of nitrogens with zero attached hydrogens (tertiary/aromatic N) is 1. The topological polar surface area (TPSA) is 51.2 Å². The lowest BCUT2D eigenvalue weighted by molar-refractivity contribution is 0.0947. The number of hydrogen-bond acceptors (Lipinski definition) is 3. The van der Waals surface area contributed by atoms with Crippen molar-refractivity contribution >= 4 is 17.5 Å². The molecule has 0 unspecified atom stereocenters. The monoisotopic (exact) mass is 282 g/mol. The minimum absolute atomic E-state index is 0.135. The van der Waals surface area contributed by atoms with E-state index in [4.69, 9.17) is 16.3 Å². The zero-order valence-electron chi connectivity index (χ0n) is 10.9. The Labute approximate surface area is 118 Å². The number of halogens is 1. The lowest BCUT2D eigenvalue weighted by Crippen LogP contribution is -2.25. The number of rotatable bonds is 6. The molecule has 2 heterocycles. The van der Waals surface area contributed by atoms with Crippen LogP contribution in [0.5, 0.6) is 0 Å². The summed E-state index contributed by atoms with van der Waals surface area (Å²) in [5.74, 6) is -0.135. The summed E-state index contributed by atoms with van der Waals surface area (Å²) in [5, 5.41) is 3.26. The third kappa shape index (κ3) is 4.48. The van der Waals surface area contributed by atoms with Crippen molar-refractivity contribution in [3.05, 3.63) is 29.0 Å². The average Bonchev–Trinajstić information content (AvgIpc) is 2.92. The fraction of sp³-hybridized carbons (Fsp3) is 0.571. The molecule has 4 nitrogen and oxygen atoms in total. The van der Waals surface area contributed by atoms with Gasteiger partial charge in [0.05, 0.1) is 16.7 Å². The van der Waals surface area contributed by atoms with E-state index in [0.717, 1.165) is 25.9 Å². The molecule has 1 fully saturated rings. The molecule has 2 rings (SSSR count). The summed E-state index contributed by atoms with van der Waals surface area (Å²) in [4.78, 5) is 15.7. The molecule has 1 saturated heterocycles. The van der Waals surface area contributed by atoms with E-state index in [2.05, 4.69) is 10.3 Å². The van der Waals surface area contributed by atoms with E-state index in [1.54, 1.807) is 12.3 Å². The van der Waals surface area contributed by atoms with Crippen LogP contribution in [0.3, 0.4) is 0 Å². The molecule has 0 saturated carbocycles. The fourth-order valence-electron chi connectivity index (χ4n) is 2.23. The van der Waals surface area contributed by atoms with Crippen LogP contribution < -0.4 is 5.32 Å². The maximum atomic E-state index is 11.8. The predicted molar refractivity (Wildman–Crippen MR) is 74.4 cm³/mol. The van der Waals surface area contributed by atoms with Gasteiger partial charge in [0.2, 0.25) is 0 Å². The minimum atomic E-state index is -0.135. The van der Waals surface area contributed by atoms with Crippen LogP contribution in [-0.4, -0.2) is 30.1 Å². The van der Waals surface area contributed by atoms with E-state index >= 15 is 0 Å². The molecule has 104 valence electrons. The Morgan fingerprint density at radius 1 is 1.53 bits per heavy atom. The first-order valence-corrected chi connectivity index (χ1v) is 7.14. The summed E-state index contributed by atoms with van der Waals surface area (Å²) < 4.78 is 5.55. The van der Waals surface area contributed by atoms with Gasteiger partial charge in [-0.15, -0.1) is 0 Å². The number of nitrogens with one attached hydrogen (secondary N) is 1. The van der Waals surface area contributed by atoms with Gasteiger partial charge in [-0.3, -0.25) is 9.78 Å². The maximum Gasteiger partial charge on any atom is 0.252 e. The molecule has 19 heavy (non-hydrogen) atoms. The van der Waals surface area contributed by atoms with Crippen LogP contribution in [0.25, 0.3) is 0 Å². The zero-order valence-corrected chi connectivity index (χ0v) is 11.7.